The van der Waals surface area contributed by atoms with Crippen LogP contribution in [0.2, 0.25) is 0 Å². The van der Waals surface area contributed by atoms with Gasteiger partial charge in [0.15, 0.2) is 17.3 Å². The van der Waals surface area contributed by atoms with Gasteiger partial charge < -0.3 is 15.2 Å². The summed E-state index contributed by atoms with van der Waals surface area (Å²) >= 11 is 0. The van der Waals surface area contributed by atoms with Crippen molar-refractivity contribution in [2.45, 2.75) is 26.2 Å². The smallest absolute Gasteiger partial charge is 0.170 e. The first-order valence-electron chi connectivity index (χ1n) is 6.81. The van der Waals surface area contributed by atoms with Crippen LogP contribution < -0.4 is 15.2 Å². The van der Waals surface area contributed by atoms with E-state index >= 15 is 0 Å². The van der Waals surface area contributed by atoms with E-state index in [1.165, 1.54) is 0 Å². The number of nitrogens with two attached hydrogens (primary N) is 1. The number of carbonyl (C=O) groups is 1. The molecule has 0 saturated heterocycles. The van der Waals surface area contributed by atoms with Crippen LogP contribution in [0.4, 0.5) is 0 Å². The van der Waals surface area contributed by atoms with Crippen molar-refractivity contribution in [2.24, 2.45) is 11.1 Å². The molecule has 4 heteroatoms. The topological polar surface area (TPSA) is 61.6 Å². The molecule has 3 rings (SSSR count). The van der Waals surface area contributed by atoms with Gasteiger partial charge in [0.2, 0.25) is 0 Å². The number of carbonyl (C=O) groups excluding carboxylic acids is 1. The Labute approximate surface area is 112 Å². The van der Waals surface area contributed by atoms with Crippen LogP contribution in [0.25, 0.3) is 0 Å². The van der Waals surface area contributed by atoms with Crippen molar-refractivity contribution in [3.8, 4) is 11.5 Å². The minimum atomic E-state index is -0.339. The van der Waals surface area contributed by atoms with E-state index in [9.17, 15) is 4.79 Å². The second-order valence-electron chi connectivity index (χ2n) is 5.48. The summed E-state index contributed by atoms with van der Waals surface area (Å²) in [5, 5.41) is 0. The Hall–Kier alpha value is -1.55. The molecule has 1 heterocycles. The first-order valence-corrected chi connectivity index (χ1v) is 6.81. The van der Waals surface area contributed by atoms with Crippen molar-refractivity contribution in [3.63, 3.8) is 0 Å². The normalized spacial score (nSPS) is 19.7. The number of rotatable bonds is 3. The van der Waals surface area contributed by atoms with Crippen molar-refractivity contribution < 1.29 is 14.3 Å². The summed E-state index contributed by atoms with van der Waals surface area (Å²) in [6.07, 6.45) is 2.89. The summed E-state index contributed by atoms with van der Waals surface area (Å²) in [6, 6.07) is 3.71. The van der Waals surface area contributed by atoms with E-state index in [4.69, 9.17) is 15.2 Å². The molecule has 0 spiro atoms. The van der Waals surface area contributed by atoms with Crippen LogP contribution in [0.3, 0.4) is 0 Å². The van der Waals surface area contributed by atoms with E-state index in [0.29, 0.717) is 25.5 Å². The van der Waals surface area contributed by atoms with Crippen LogP contribution in [0.15, 0.2) is 12.1 Å². The second kappa shape index (κ2) is 4.53. The van der Waals surface area contributed by atoms with Gasteiger partial charge in [-0.3, -0.25) is 4.79 Å². The highest BCUT2D eigenvalue weighted by atomic mass is 16.6. The predicted octanol–water partition coefficient (Wildman–Crippen LogP) is 2.08. The molecule has 0 bridgehead atoms. The van der Waals surface area contributed by atoms with Crippen molar-refractivity contribution in [3.05, 3.63) is 23.3 Å². The lowest BCUT2D eigenvalue weighted by molar-refractivity contribution is 0.0634. The molecule has 2 aliphatic rings. The van der Waals surface area contributed by atoms with Gasteiger partial charge in [-0.1, -0.05) is 6.42 Å². The molecule has 0 unspecified atom stereocenters. The number of ether oxygens (including phenoxy) is 2. The fraction of sp³-hybridized carbons (Fsp3) is 0.533. The zero-order valence-corrected chi connectivity index (χ0v) is 11.2. The van der Waals surface area contributed by atoms with Crippen LogP contribution in [0.1, 0.15) is 35.2 Å². The molecule has 1 aromatic carbocycles. The number of ketones is 1. The summed E-state index contributed by atoms with van der Waals surface area (Å²) in [7, 11) is 0. The zero-order chi connectivity index (χ0) is 13.5. The highest BCUT2D eigenvalue weighted by molar-refractivity contribution is 6.03. The summed E-state index contributed by atoms with van der Waals surface area (Å²) < 4.78 is 11.1. The fourth-order valence-electron chi connectivity index (χ4n) is 2.85. The van der Waals surface area contributed by atoms with E-state index in [1.54, 1.807) is 0 Å². The largest absolute Gasteiger partial charge is 0.486 e. The molecule has 0 radical (unpaired) electrons. The minimum Gasteiger partial charge on any atom is -0.486 e. The fourth-order valence-corrected chi connectivity index (χ4v) is 2.85. The Morgan fingerprint density at radius 1 is 1.26 bits per heavy atom. The first kappa shape index (κ1) is 12.5. The average Bonchev–Trinajstić information content (AvgIpc) is 2.37. The number of benzene rings is 1. The maximum Gasteiger partial charge on any atom is 0.170 e. The van der Waals surface area contributed by atoms with Crippen LogP contribution in [0.5, 0.6) is 11.5 Å². The summed E-state index contributed by atoms with van der Waals surface area (Å²) in [5.74, 6) is 1.57. The van der Waals surface area contributed by atoms with E-state index < -0.39 is 0 Å². The molecule has 0 atom stereocenters. The van der Waals surface area contributed by atoms with Crippen molar-refractivity contribution in [2.75, 3.05) is 19.8 Å². The maximum atomic E-state index is 12.7. The molecule has 19 heavy (non-hydrogen) atoms. The Balaban J connectivity index is 1.98. The lowest BCUT2D eigenvalue weighted by Gasteiger charge is -2.39. The highest BCUT2D eigenvalue weighted by Gasteiger charge is 2.43. The van der Waals surface area contributed by atoms with E-state index in [-0.39, 0.29) is 11.2 Å². The Kier molecular flexibility index (Phi) is 2.97. The van der Waals surface area contributed by atoms with Crippen molar-refractivity contribution in [1.29, 1.82) is 0 Å². The third kappa shape index (κ3) is 1.91. The van der Waals surface area contributed by atoms with Crippen LogP contribution >= 0.6 is 0 Å². The molecular weight excluding hydrogens is 242 g/mol. The quantitative estimate of drug-likeness (QED) is 0.846. The van der Waals surface area contributed by atoms with Crippen LogP contribution in [0, 0.1) is 12.3 Å². The summed E-state index contributed by atoms with van der Waals surface area (Å²) in [5.41, 5.74) is 7.15. The molecule has 2 N–H and O–H groups in total. The number of hydrogen-bond donors (Lipinski definition) is 1. The van der Waals surface area contributed by atoms with Gasteiger partial charge in [-0.2, -0.15) is 0 Å². The second-order valence-corrected chi connectivity index (χ2v) is 5.48. The predicted molar refractivity (Wildman–Crippen MR) is 71.8 cm³/mol. The van der Waals surface area contributed by atoms with E-state index in [1.807, 2.05) is 19.1 Å². The third-order valence-corrected chi connectivity index (χ3v) is 4.32. The molecule has 1 aliphatic heterocycles. The van der Waals surface area contributed by atoms with Crippen LogP contribution in [-0.4, -0.2) is 25.5 Å². The van der Waals surface area contributed by atoms with Gasteiger partial charge >= 0.3 is 0 Å². The monoisotopic (exact) mass is 261 g/mol. The third-order valence-electron chi connectivity index (χ3n) is 4.32. The average molecular weight is 261 g/mol. The van der Waals surface area contributed by atoms with Gasteiger partial charge in [-0.15, -0.1) is 0 Å². The molecule has 1 aromatic rings. The first-order chi connectivity index (χ1) is 9.16. The van der Waals surface area contributed by atoms with Gasteiger partial charge in [0.05, 0.1) is 0 Å². The van der Waals surface area contributed by atoms with Gasteiger partial charge in [0.25, 0.3) is 0 Å². The number of hydrogen-bond acceptors (Lipinski definition) is 4. The SMILES string of the molecule is Cc1cc2c(cc1C(=O)C1(CN)CCC1)OCCO2. The van der Waals surface area contributed by atoms with Crippen molar-refractivity contribution >= 4 is 5.78 Å². The number of Topliss-reactive ketones (excluding diaryl/α,β-unsaturated/α-hetero) is 1. The minimum absolute atomic E-state index is 0.163. The standard InChI is InChI=1S/C15H19NO3/c1-10-7-12-13(19-6-5-18-12)8-11(10)14(17)15(9-16)3-2-4-15/h7-8H,2-6,9,16H2,1H3. The van der Waals surface area contributed by atoms with E-state index in [2.05, 4.69) is 0 Å². The summed E-state index contributed by atoms with van der Waals surface area (Å²) in [4.78, 5) is 12.7. The number of fused-ring (bicyclic) bond motifs is 1. The lowest BCUT2D eigenvalue weighted by Crippen LogP contribution is -2.44. The highest BCUT2D eigenvalue weighted by Crippen LogP contribution is 2.44. The molecule has 0 amide bonds. The molecule has 102 valence electrons. The Morgan fingerprint density at radius 3 is 2.42 bits per heavy atom. The Morgan fingerprint density at radius 2 is 1.89 bits per heavy atom. The molecule has 1 fully saturated rings. The summed E-state index contributed by atoms with van der Waals surface area (Å²) in [6.45, 7) is 3.46. The van der Waals surface area contributed by atoms with Crippen molar-refractivity contribution in [1.82, 2.24) is 0 Å². The van der Waals surface area contributed by atoms with E-state index in [0.717, 1.165) is 36.1 Å². The molecule has 1 aliphatic carbocycles. The number of aryl methyl sites for hydroxylation is 1. The molecule has 4 nitrogen and oxygen atoms in total. The zero-order valence-electron chi connectivity index (χ0n) is 11.2. The van der Waals surface area contributed by atoms with Crippen LogP contribution in [-0.2, 0) is 0 Å². The molecular formula is C15H19NO3. The lowest BCUT2D eigenvalue weighted by atomic mass is 9.64. The maximum absolute atomic E-state index is 12.7. The van der Waals surface area contributed by atoms with Gasteiger partial charge in [0, 0.05) is 17.5 Å². The molecule has 0 aromatic heterocycles. The Bertz CT molecular complexity index is 515. The molecule has 1 saturated carbocycles. The van der Waals surface area contributed by atoms with Gasteiger partial charge in [-0.05, 0) is 37.5 Å². The van der Waals surface area contributed by atoms with Gasteiger partial charge in [-0.25, -0.2) is 0 Å². The van der Waals surface area contributed by atoms with Gasteiger partial charge in [0.1, 0.15) is 13.2 Å².